The summed E-state index contributed by atoms with van der Waals surface area (Å²) in [6.45, 7) is 2.98. The Kier molecular flexibility index (Phi) is 5.20. The monoisotopic (exact) mass is 332 g/mol. The minimum atomic E-state index is -0.303. The Morgan fingerprint density at radius 3 is 3.08 bits per heavy atom. The number of aromatic nitrogens is 2. The molecule has 3 rings (SSSR count). The molecule has 0 spiro atoms. The minimum Gasteiger partial charge on any atom is -0.464 e. The number of furan rings is 1. The molecule has 1 aliphatic heterocycles. The number of methoxy groups -OCH3 is 1. The maximum Gasteiger partial charge on any atom is 0.318 e. The van der Waals surface area contributed by atoms with E-state index >= 15 is 0 Å². The lowest BCUT2D eigenvalue weighted by Crippen LogP contribution is -2.46. The van der Waals surface area contributed by atoms with Gasteiger partial charge in [-0.3, -0.25) is 5.10 Å². The van der Waals surface area contributed by atoms with Crippen molar-refractivity contribution >= 4 is 6.03 Å². The number of aryl methyl sites for hydroxylation is 1. The molecule has 7 heteroatoms. The summed E-state index contributed by atoms with van der Waals surface area (Å²) in [5, 5.41) is 9.89. The van der Waals surface area contributed by atoms with Crippen LogP contribution in [0.1, 0.15) is 48.4 Å². The molecule has 3 heterocycles. The molecule has 2 amide bonds. The van der Waals surface area contributed by atoms with Gasteiger partial charge in [-0.15, -0.1) is 0 Å². The minimum absolute atomic E-state index is 0.0547. The second-order valence-electron chi connectivity index (χ2n) is 6.14. The third-order valence-electron chi connectivity index (χ3n) is 4.40. The zero-order valence-electron chi connectivity index (χ0n) is 14.1. The average molecular weight is 332 g/mol. The van der Waals surface area contributed by atoms with Crippen molar-refractivity contribution in [1.29, 1.82) is 0 Å². The van der Waals surface area contributed by atoms with Crippen LogP contribution >= 0.6 is 0 Å². The number of urea groups is 1. The molecule has 0 unspecified atom stereocenters. The summed E-state index contributed by atoms with van der Waals surface area (Å²) in [7, 11) is 1.62. The molecule has 0 aliphatic carbocycles. The smallest absolute Gasteiger partial charge is 0.318 e. The molecule has 0 radical (unpaired) electrons. The lowest BCUT2D eigenvalue weighted by molar-refractivity contribution is 0.127. The van der Waals surface area contributed by atoms with Gasteiger partial charge in [-0.25, -0.2) is 4.79 Å². The number of H-pyrrole nitrogens is 1. The Bertz CT molecular complexity index is 653. The fourth-order valence-corrected chi connectivity index (χ4v) is 3.20. The van der Waals surface area contributed by atoms with E-state index in [0.717, 1.165) is 37.1 Å². The van der Waals surface area contributed by atoms with Gasteiger partial charge in [-0.05, 0) is 38.3 Å². The molecule has 130 valence electrons. The van der Waals surface area contributed by atoms with Gasteiger partial charge in [0.05, 0.1) is 18.8 Å². The number of hydrogen-bond donors (Lipinski definition) is 2. The number of likely N-dealkylation sites (tertiary alicyclic amines) is 1. The first kappa shape index (κ1) is 16.6. The first-order valence-electron chi connectivity index (χ1n) is 8.30. The fourth-order valence-electron chi connectivity index (χ4n) is 3.20. The van der Waals surface area contributed by atoms with Gasteiger partial charge >= 0.3 is 6.03 Å². The molecule has 2 N–H and O–H groups in total. The molecule has 7 nitrogen and oxygen atoms in total. The molecule has 2 aromatic heterocycles. The molecule has 2 atom stereocenters. The number of carbonyl (C=O) groups is 1. The van der Waals surface area contributed by atoms with Crippen LogP contribution in [-0.2, 0) is 4.74 Å². The van der Waals surface area contributed by atoms with Crippen molar-refractivity contribution in [3.8, 4) is 0 Å². The maximum absolute atomic E-state index is 12.9. The molecule has 1 aliphatic rings. The number of amides is 2. The molecule has 24 heavy (non-hydrogen) atoms. The lowest BCUT2D eigenvalue weighted by Gasteiger charge is -2.36. The number of hydrogen-bond acceptors (Lipinski definition) is 4. The summed E-state index contributed by atoms with van der Waals surface area (Å²) in [4.78, 5) is 14.7. The maximum atomic E-state index is 12.9. The lowest BCUT2D eigenvalue weighted by atomic mass is 9.98. The van der Waals surface area contributed by atoms with Crippen molar-refractivity contribution in [2.45, 2.75) is 38.3 Å². The number of nitrogens with one attached hydrogen (secondary N) is 2. The second-order valence-corrected chi connectivity index (χ2v) is 6.14. The fraction of sp³-hybridized carbons (Fsp3) is 0.529. The quantitative estimate of drug-likeness (QED) is 0.882. The Balaban J connectivity index is 1.73. The Labute approximate surface area is 141 Å². The van der Waals surface area contributed by atoms with Gasteiger partial charge in [0.1, 0.15) is 17.6 Å². The molecule has 0 bridgehead atoms. The topological polar surface area (TPSA) is 83.4 Å². The predicted octanol–water partition coefficient (Wildman–Crippen LogP) is 2.94. The highest BCUT2D eigenvalue weighted by Crippen LogP contribution is 2.30. The summed E-state index contributed by atoms with van der Waals surface area (Å²) >= 11 is 0. The van der Waals surface area contributed by atoms with E-state index in [1.54, 1.807) is 13.3 Å². The number of nitrogens with zero attached hydrogens (tertiary/aromatic N) is 2. The van der Waals surface area contributed by atoms with E-state index in [-0.39, 0.29) is 18.1 Å². The third-order valence-corrected chi connectivity index (χ3v) is 4.40. The SMILES string of the molecule is COC[C@H](NC(=O)N1CCCC[C@H]1c1cn[nH]c1)c1ccc(C)o1. The van der Waals surface area contributed by atoms with E-state index in [4.69, 9.17) is 9.15 Å². The van der Waals surface area contributed by atoms with Crippen LogP contribution in [0.2, 0.25) is 0 Å². The molecule has 0 saturated carbocycles. The third kappa shape index (κ3) is 3.62. The van der Waals surface area contributed by atoms with E-state index in [9.17, 15) is 4.79 Å². The van der Waals surface area contributed by atoms with E-state index < -0.39 is 0 Å². The van der Waals surface area contributed by atoms with Crippen LogP contribution in [0.25, 0.3) is 0 Å². The highest BCUT2D eigenvalue weighted by atomic mass is 16.5. The molecule has 2 aromatic rings. The normalized spacial score (nSPS) is 19.2. The summed E-state index contributed by atoms with van der Waals surface area (Å²) in [5.41, 5.74) is 1.04. The molecule has 0 aromatic carbocycles. The van der Waals surface area contributed by atoms with Gasteiger partial charge in [0.2, 0.25) is 0 Å². The number of carbonyl (C=O) groups excluding carboxylic acids is 1. The zero-order chi connectivity index (χ0) is 16.9. The molecule has 1 saturated heterocycles. The highest BCUT2D eigenvalue weighted by molar-refractivity contribution is 5.75. The standard InChI is InChI=1S/C17H24N4O3/c1-12-6-7-16(24-12)14(11-23-2)20-17(22)21-8-4-3-5-15(21)13-9-18-19-10-13/h6-7,9-10,14-15H,3-5,8,11H2,1-2H3,(H,18,19)(H,20,22)/t14-,15-/m0/s1. The summed E-state index contributed by atoms with van der Waals surface area (Å²) in [6.07, 6.45) is 6.72. The predicted molar refractivity (Wildman–Crippen MR) is 88.5 cm³/mol. The van der Waals surface area contributed by atoms with Crippen molar-refractivity contribution in [3.05, 3.63) is 41.6 Å². The van der Waals surface area contributed by atoms with Crippen LogP contribution in [0.3, 0.4) is 0 Å². The van der Waals surface area contributed by atoms with Gasteiger partial charge in [0, 0.05) is 25.4 Å². The van der Waals surface area contributed by atoms with Crippen LogP contribution in [-0.4, -0.2) is 41.4 Å². The molecule has 1 fully saturated rings. The first-order valence-corrected chi connectivity index (χ1v) is 8.30. The van der Waals surface area contributed by atoms with Crippen molar-refractivity contribution in [2.24, 2.45) is 0 Å². The van der Waals surface area contributed by atoms with Crippen molar-refractivity contribution in [2.75, 3.05) is 20.3 Å². The number of ether oxygens (including phenoxy) is 1. The zero-order valence-corrected chi connectivity index (χ0v) is 14.1. The summed E-state index contributed by atoms with van der Waals surface area (Å²) in [6, 6.07) is 3.42. The van der Waals surface area contributed by atoms with Crippen LogP contribution in [0, 0.1) is 6.92 Å². The average Bonchev–Trinajstić information content (AvgIpc) is 3.26. The Morgan fingerprint density at radius 2 is 2.42 bits per heavy atom. The van der Waals surface area contributed by atoms with Crippen LogP contribution in [0.5, 0.6) is 0 Å². The largest absolute Gasteiger partial charge is 0.464 e. The van der Waals surface area contributed by atoms with Crippen molar-refractivity contribution in [1.82, 2.24) is 20.4 Å². The second kappa shape index (κ2) is 7.53. The molecular weight excluding hydrogens is 308 g/mol. The van der Waals surface area contributed by atoms with Crippen molar-refractivity contribution < 1.29 is 13.9 Å². The summed E-state index contributed by atoms with van der Waals surface area (Å²) in [5.74, 6) is 1.52. The Hall–Kier alpha value is -2.28. The van der Waals surface area contributed by atoms with Crippen LogP contribution < -0.4 is 5.32 Å². The highest BCUT2D eigenvalue weighted by Gasteiger charge is 2.30. The number of rotatable bonds is 5. The van der Waals surface area contributed by atoms with Crippen molar-refractivity contribution in [3.63, 3.8) is 0 Å². The van der Waals surface area contributed by atoms with Crippen LogP contribution in [0.15, 0.2) is 28.9 Å². The van der Waals surface area contributed by atoms with Gasteiger partial charge in [-0.2, -0.15) is 5.10 Å². The Morgan fingerprint density at radius 1 is 1.54 bits per heavy atom. The van der Waals surface area contributed by atoms with E-state index in [1.165, 1.54) is 0 Å². The molecular formula is C17H24N4O3. The van der Waals surface area contributed by atoms with Gasteiger partial charge < -0.3 is 19.4 Å². The van der Waals surface area contributed by atoms with Gasteiger partial charge in [0.15, 0.2) is 0 Å². The van der Waals surface area contributed by atoms with Gasteiger partial charge in [-0.1, -0.05) is 0 Å². The van der Waals surface area contributed by atoms with Crippen LogP contribution in [0.4, 0.5) is 4.79 Å². The van der Waals surface area contributed by atoms with E-state index in [2.05, 4.69) is 15.5 Å². The number of piperidine rings is 1. The first-order chi connectivity index (χ1) is 11.7. The summed E-state index contributed by atoms with van der Waals surface area (Å²) < 4.78 is 10.9. The number of aromatic amines is 1. The van der Waals surface area contributed by atoms with E-state index in [0.29, 0.717) is 12.4 Å². The van der Waals surface area contributed by atoms with E-state index in [1.807, 2.05) is 30.2 Å². The van der Waals surface area contributed by atoms with Gasteiger partial charge in [0.25, 0.3) is 0 Å².